The van der Waals surface area contributed by atoms with E-state index < -0.39 is 0 Å². The van der Waals surface area contributed by atoms with E-state index in [9.17, 15) is 9.59 Å². The van der Waals surface area contributed by atoms with Crippen LogP contribution in [0, 0.1) is 0 Å². The molecule has 0 spiro atoms. The van der Waals surface area contributed by atoms with Crippen molar-refractivity contribution in [1.29, 1.82) is 0 Å². The Morgan fingerprint density at radius 2 is 1.86 bits per heavy atom. The third-order valence-corrected chi connectivity index (χ3v) is 5.62. The van der Waals surface area contributed by atoms with E-state index >= 15 is 0 Å². The first-order chi connectivity index (χ1) is 17.3. The van der Waals surface area contributed by atoms with Gasteiger partial charge in [-0.15, -0.1) is 0 Å². The molecule has 2 N–H and O–H groups in total. The number of ketones is 1. The van der Waals surface area contributed by atoms with E-state index in [1.165, 1.54) is 19.2 Å². The first-order valence-corrected chi connectivity index (χ1v) is 11.5. The fourth-order valence-electron chi connectivity index (χ4n) is 3.53. The van der Waals surface area contributed by atoms with Gasteiger partial charge < -0.3 is 25.0 Å². The monoisotopic (exact) mass is 509 g/mol. The van der Waals surface area contributed by atoms with Gasteiger partial charge in [0.25, 0.3) is 0 Å². The molecule has 0 saturated carbocycles. The highest BCUT2D eigenvalue weighted by molar-refractivity contribution is 6.33. The summed E-state index contributed by atoms with van der Waals surface area (Å²) in [5.74, 6) is 1.54. The van der Waals surface area contributed by atoms with Crippen LogP contribution in [0.2, 0.25) is 5.02 Å². The van der Waals surface area contributed by atoms with Gasteiger partial charge in [0.05, 0.1) is 26.1 Å². The van der Waals surface area contributed by atoms with E-state index in [1.807, 2.05) is 13.0 Å². The first-order valence-electron chi connectivity index (χ1n) is 11.1. The minimum Gasteiger partial charge on any atom is -0.497 e. The first kappa shape index (κ1) is 26.5. The second-order valence-electron chi connectivity index (χ2n) is 7.66. The van der Waals surface area contributed by atoms with E-state index in [0.717, 1.165) is 0 Å². The maximum Gasteiger partial charge on any atom is 0.229 e. The van der Waals surface area contributed by atoms with Crippen LogP contribution in [0.25, 0.3) is 0 Å². The van der Waals surface area contributed by atoms with Gasteiger partial charge in [0.1, 0.15) is 16.5 Å². The third kappa shape index (κ3) is 6.31. The zero-order valence-electron chi connectivity index (χ0n) is 20.6. The average molecular weight is 510 g/mol. The Hall–Kier alpha value is -4.11. The topological polar surface area (TPSA) is 106 Å². The molecule has 1 aromatic heterocycles. The number of ether oxygens (including phenoxy) is 2. The number of benzene rings is 2. The van der Waals surface area contributed by atoms with Crippen LogP contribution in [-0.4, -0.2) is 42.4 Å². The number of nitrogens with one attached hydrogen (secondary N) is 2. The van der Waals surface area contributed by atoms with Gasteiger partial charge in [0.2, 0.25) is 11.9 Å². The summed E-state index contributed by atoms with van der Waals surface area (Å²) in [7, 11) is 3.10. The predicted octanol–water partition coefficient (Wildman–Crippen LogP) is 5.30. The number of methoxy groups -OCH3 is 2. The van der Waals surface area contributed by atoms with Crippen molar-refractivity contribution >= 4 is 52.1 Å². The molecule has 188 valence electrons. The summed E-state index contributed by atoms with van der Waals surface area (Å²) in [5, 5.41) is 6.60. The molecule has 36 heavy (non-hydrogen) atoms. The van der Waals surface area contributed by atoms with E-state index in [2.05, 4.69) is 27.2 Å². The number of halogens is 1. The largest absolute Gasteiger partial charge is 0.497 e. The number of hydrogen-bond donors (Lipinski definition) is 2. The normalized spacial score (nSPS) is 10.4. The van der Waals surface area contributed by atoms with Gasteiger partial charge in [-0.1, -0.05) is 18.2 Å². The molecule has 3 aromatic rings. The highest BCUT2D eigenvalue weighted by atomic mass is 35.5. The molecule has 0 aliphatic rings. The molecule has 1 heterocycles. The van der Waals surface area contributed by atoms with Crippen LogP contribution < -0.4 is 25.0 Å². The fourth-order valence-corrected chi connectivity index (χ4v) is 3.66. The summed E-state index contributed by atoms with van der Waals surface area (Å²) >= 11 is 6.37. The van der Waals surface area contributed by atoms with Crippen LogP contribution in [-0.2, 0) is 16.0 Å². The highest BCUT2D eigenvalue weighted by Crippen LogP contribution is 2.33. The molecule has 0 aliphatic heterocycles. The molecular formula is C26H28ClN5O4. The van der Waals surface area contributed by atoms with E-state index in [0.29, 0.717) is 51.5 Å². The quantitative estimate of drug-likeness (QED) is 0.335. The van der Waals surface area contributed by atoms with Crippen LogP contribution in [0.3, 0.4) is 0 Å². The zero-order valence-corrected chi connectivity index (χ0v) is 21.3. The van der Waals surface area contributed by atoms with Gasteiger partial charge in [0, 0.05) is 37.3 Å². The van der Waals surface area contributed by atoms with Gasteiger partial charge in [-0.25, -0.2) is 4.98 Å². The minimum absolute atomic E-state index is 0.0651. The van der Waals surface area contributed by atoms with Crippen molar-refractivity contribution < 1.29 is 19.1 Å². The number of anilines is 5. The summed E-state index contributed by atoms with van der Waals surface area (Å²) in [4.78, 5) is 34.3. The Labute approximate surface area is 215 Å². The van der Waals surface area contributed by atoms with Gasteiger partial charge in [-0.3, -0.25) is 9.59 Å². The van der Waals surface area contributed by atoms with Crippen LogP contribution in [0.5, 0.6) is 11.5 Å². The van der Waals surface area contributed by atoms with Crippen molar-refractivity contribution in [2.75, 3.05) is 36.3 Å². The Kier molecular flexibility index (Phi) is 8.86. The highest BCUT2D eigenvalue weighted by Gasteiger charge is 2.15. The number of amides is 1. The fraction of sp³-hybridized carbons (Fsp3) is 0.231. The van der Waals surface area contributed by atoms with E-state index in [1.54, 1.807) is 49.5 Å². The molecule has 0 atom stereocenters. The summed E-state index contributed by atoms with van der Waals surface area (Å²) in [6.45, 7) is 7.49. The van der Waals surface area contributed by atoms with Crippen LogP contribution in [0.1, 0.15) is 19.4 Å². The summed E-state index contributed by atoms with van der Waals surface area (Å²) in [6, 6.07) is 10.7. The maximum absolute atomic E-state index is 12.0. The molecular weight excluding hydrogens is 482 g/mol. The molecule has 0 fully saturated rings. The Balaban J connectivity index is 1.90. The molecule has 1 amide bonds. The lowest BCUT2D eigenvalue weighted by Crippen LogP contribution is -2.27. The molecule has 0 aliphatic carbocycles. The van der Waals surface area contributed by atoms with Crippen LogP contribution in [0.15, 0.2) is 55.3 Å². The van der Waals surface area contributed by atoms with Crippen molar-refractivity contribution in [3.63, 3.8) is 0 Å². The average Bonchev–Trinajstić information content (AvgIpc) is 2.87. The Bertz CT molecular complexity index is 1280. The smallest absolute Gasteiger partial charge is 0.229 e. The number of rotatable bonds is 11. The van der Waals surface area contributed by atoms with E-state index in [4.69, 9.17) is 21.1 Å². The number of aromatic nitrogens is 2. The van der Waals surface area contributed by atoms with Crippen LogP contribution >= 0.6 is 11.6 Å². The molecule has 0 saturated heterocycles. The molecule has 2 aromatic carbocycles. The third-order valence-electron chi connectivity index (χ3n) is 5.34. The lowest BCUT2D eigenvalue weighted by atomic mass is 10.1. The number of carbonyl (C=O) groups excluding carboxylic acids is 2. The Morgan fingerprint density at radius 1 is 1.11 bits per heavy atom. The summed E-state index contributed by atoms with van der Waals surface area (Å²) < 4.78 is 10.8. The standard InChI is InChI=1S/C26H28ClN5O4/c1-6-19(34)12-17-13-20(35-4)9-11-22(17)29-25-21(27)15-28-26(31-25)30-23-10-8-18(14-24(23)36-5)32(7-2)16(3)33/h6,8-11,13-15H,1,7,12H2,2-5H3,(H2,28,29,30,31). The summed E-state index contributed by atoms with van der Waals surface area (Å²) in [6.07, 6.45) is 2.87. The number of allylic oxidation sites excluding steroid dienone is 1. The van der Waals surface area contributed by atoms with Crippen molar-refractivity contribution in [3.05, 3.63) is 65.8 Å². The van der Waals surface area contributed by atoms with Crippen molar-refractivity contribution in [2.45, 2.75) is 20.3 Å². The zero-order chi connectivity index (χ0) is 26.2. The van der Waals surface area contributed by atoms with Crippen molar-refractivity contribution in [1.82, 2.24) is 9.97 Å². The minimum atomic E-state index is -0.135. The Morgan fingerprint density at radius 3 is 2.50 bits per heavy atom. The molecule has 3 rings (SSSR count). The number of carbonyl (C=O) groups is 2. The van der Waals surface area contributed by atoms with E-state index in [-0.39, 0.29) is 24.1 Å². The molecule has 0 radical (unpaired) electrons. The number of hydrogen-bond acceptors (Lipinski definition) is 8. The summed E-state index contributed by atoms with van der Waals surface area (Å²) in [5.41, 5.74) is 2.67. The molecule has 0 unspecified atom stereocenters. The molecule has 10 heteroatoms. The number of nitrogens with zero attached hydrogens (tertiary/aromatic N) is 3. The second kappa shape index (κ2) is 12.0. The van der Waals surface area contributed by atoms with Crippen molar-refractivity contribution in [2.24, 2.45) is 0 Å². The predicted molar refractivity (Wildman–Crippen MR) is 142 cm³/mol. The lowest BCUT2D eigenvalue weighted by molar-refractivity contribution is -0.116. The van der Waals surface area contributed by atoms with Gasteiger partial charge >= 0.3 is 0 Å². The second-order valence-corrected chi connectivity index (χ2v) is 8.07. The van der Waals surface area contributed by atoms with Crippen LogP contribution in [0.4, 0.5) is 28.8 Å². The lowest BCUT2D eigenvalue weighted by Gasteiger charge is -2.21. The van der Waals surface area contributed by atoms with Crippen molar-refractivity contribution in [3.8, 4) is 11.5 Å². The SMILES string of the molecule is C=CC(=O)Cc1cc(OC)ccc1Nc1nc(Nc2ccc(N(CC)C(C)=O)cc2OC)ncc1Cl. The van der Waals surface area contributed by atoms with Gasteiger partial charge in [0.15, 0.2) is 11.6 Å². The molecule has 9 nitrogen and oxygen atoms in total. The van der Waals surface area contributed by atoms with Gasteiger partial charge in [-0.2, -0.15) is 4.98 Å². The molecule has 0 bridgehead atoms. The maximum atomic E-state index is 12.0. The van der Waals surface area contributed by atoms with Gasteiger partial charge in [-0.05, 0) is 48.9 Å².